The standard InChI is InChI=1S/C17H23N/c1-2-15(13-16-9-5-3-6-10-16)14-18-17-11-7-4-8-12-17/h3,5-6,9-10,13-14,17H,2,4,7-8,11-12H2,1H3. The zero-order chi connectivity index (χ0) is 12.6. The number of hydrogen-bond donors (Lipinski definition) is 0. The third-order valence-electron chi connectivity index (χ3n) is 3.59. The SMILES string of the molecule is CCC(C=NC1CCCCC1)=Cc1ccccc1. The lowest BCUT2D eigenvalue weighted by atomic mass is 9.96. The van der Waals surface area contributed by atoms with E-state index >= 15 is 0 Å². The molecule has 0 atom stereocenters. The lowest BCUT2D eigenvalue weighted by molar-refractivity contribution is 0.444. The van der Waals surface area contributed by atoms with Crippen LogP contribution in [0.5, 0.6) is 0 Å². The van der Waals surface area contributed by atoms with E-state index in [9.17, 15) is 0 Å². The Kier molecular flexibility index (Phi) is 5.19. The van der Waals surface area contributed by atoms with Gasteiger partial charge in [0.1, 0.15) is 0 Å². The first-order valence-corrected chi connectivity index (χ1v) is 7.17. The normalized spacial score (nSPS) is 18.4. The number of rotatable bonds is 4. The monoisotopic (exact) mass is 241 g/mol. The molecule has 1 aliphatic carbocycles. The molecular weight excluding hydrogens is 218 g/mol. The van der Waals surface area contributed by atoms with Gasteiger partial charge in [-0.05, 0) is 30.4 Å². The molecule has 1 nitrogen and oxygen atoms in total. The zero-order valence-corrected chi connectivity index (χ0v) is 11.3. The van der Waals surface area contributed by atoms with Gasteiger partial charge in [-0.25, -0.2) is 0 Å². The molecule has 1 heteroatoms. The summed E-state index contributed by atoms with van der Waals surface area (Å²) in [6.07, 6.45) is 12.0. The Morgan fingerprint density at radius 2 is 1.89 bits per heavy atom. The molecule has 1 aromatic rings. The number of benzene rings is 1. The van der Waals surface area contributed by atoms with Gasteiger partial charge in [0.05, 0.1) is 0 Å². The number of hydrogen-bond acceptors (Lipinski definition) is 1. The molecule has 0 saturated heterocycles. The van der Waals surface area contributed by atoms with E-state index in [2.05, 4.69) is 49.5 Å². The van der Waals surface area contributed by atoms with Gasteiger partial charge in [-0.3, -0.25) is 4.99 Å². The predicted octanol–water partition coefficient (Wildman–Crippen LogP) is 4.88. The number of allylic oxidation sites excluding steroid dienone is 1. The van der Waals surface area contributed by atoms with Gasteiger partial charge < -0.3 is 0 Å². The minimum atomic E-state index is 0.574. The van der Waals surface area contributed by atoms with Crippen molar-refractivity contribution in [1.29, 1.82) is 0 Å². The molecule has 1 fully saturated rings. The molecule has 18 heavy (non-hydrogen) atoms. The average Bonchev–Trinajstić information content (AvgIpc) is 2.45. The van der Waals surface area contributed by atoms with Gasteiger partial charge in [-0.2, -0.15) is 0 Å². The lowest BCUT2D eigenvalue weighted by Gasteiger charge is -2.17. The quantitative estimate of drug-likeness (QED) is 0.666. The van der Waals surface area contributed by atoms with Crippen LogP contribution in [0.3, 0.4) is 0 Å². The van der Waals surface area contributed by atoms with Gasteiger partial charge >= 0.3 is 0 Å². The Hall–Kier alpha value is -1.37. The Balaban J connectivity index is 2.00. The summed E-state index contributed by atoms with van der Waals surface area (Å²) in [5, 5.41) is 0. The molecule has 0 spiro atoms. The van der Waals surface area contributed by atoms with Crippen molar-refractivity contribution >= 4 is 12.3 Å². The molecule has 1 saturated carbocycles. The molecule has 0 N–H and O–H groups in total. The molecule has 0 amide bonds. The van der Waals surface area contributed by atoms with E-state index in [-0.39, 0.29) is 0 Å². The molecule has 0 radical (unpaired) electrons. The molecule has 0 heterocycles. The first-order chi connectivity index (χ1) is 8.88. The van der Waals surface area contributed by atoms with Crippen molar-refractivity contribution in [3.8, 4) is 0 Å². The van der Waals surface area contributed by atoms with E-state index in [0.717, 1.165) is 6.42 Å². The fourth-order valence-electron chi connectivity index (χ4n) is 2.43. The van der Waals surface area contributed by atoms with Gasteiger partial charge in [0.15, 0.2) is 0 Å². The Morgan fingerprint density at radius 3 is 2.56 bits per heavy atom. The lowest BCUT2D eigenvalue weighted by Crippen LogP contribution is -2.09. The molecule has 2 rings (SSSR count). The summed E-state index contributed by atoms with van der Waals surface area (Å²) in [7, 11) is 0. The fourth-order valence-corrected chi connectivity index (χ4v) is 2.43. The minimum Gasteiger partial charge on any atom is -0.290 e. The van der Waals surface area contributed by atoms with Crippen molar-refractivity contribution in [2.45, 2.75) is 51.5 Å². The summed E-state index contributed by atoms with van der Waals surface area (Å²) < 4.78 is 0. The average molecular weight is 241 g/mol. The van der Waals surface area contributed by atoms with Crippen molar-refractivity contribution in [2.75, 3.05) is 0 Å². The highest BCUT2D eigenvalue weighted by Gasteiger charge is 2.10. The summed E-state index contributed by atoms with van der Waals surface area (Å²) >= 11 is 0. The number of aliphatic imine (C=N–C) groups is 1. The highest BCUT2D eigenvalue weighted by molar-refractivity contribution is 5.85. The Labute approximate surface area is 111 Å². The first-order valence-electron chi connectivity index (χ1n) is 7.17. The van der Waals surface area contributed by atoms with Crippen LogP contribution in [0.25, 0.3) is 6.08 Å². The van der Waals surface area contributed by atoms with E-state index in [1.165, 1.54) is 43.2 Å². The maximum Gasteiger partial charge on any atom is 0.0499 e. The minimum absolute atomic E-state index is 0.574. The van der Waals surface area contributed by atoms with Crippen LogP contribution in [-0.2, 0) is 0 Å². The molecular formula is C17H23N. The molecule has 0 aromatic heterocycles. The van der Waals surface area contributed by atoms with Gasteiger partial charge in [0.2, 0.25) is 0 Å². The van der Waals surface area contributed by atoms with Crippen LogP contribution in [-0.4, -0.2) is 12.3 Å². The van der Waals surface area contributed by atoms with Crippen LogP contribution in [0.2, 0.25) is 0 Å². The smallest absolute Gasteiger partial charge is 0.0499 e. The van der Waals surface area contributed by atoms with Crippen LogP contribution < -0.4 is 0 Å². The van der Waals surface area contributed by atoms with Crippen molar-refractivity contribution in [2.24, 2.45) is 4.99 Å². The van der Waals surface area contributed by atoms with Crippen molar-refractivity contribution in [3.63, 3.8) is 0 Å². The van der Waals surface area contributed by atoms with Crippen molar-refractivity contribution < 1.29 is 0 Å². The Morgan fingerprint density at radius 1 is 1.17 bits per heavy atom. The maximum atomic E-state index is 4.76. The molecule has 0 unspecified atom stereocenters. The summed E-state index contributed by atoms with van der Waals surface area (Å²) in [5.74, 6) is 0. The summed E-state index contributed by atoms with van der Waals surface area (Å²) in [6, 6.07) is 11.1. The second kappa shape index (κ2) is 7.15. The van der Waals surface area contributed by atoms with Crippen LogP contribution in [0.15, 0.2) is 40.9 Å². The summed E-state index contributed by atoms with van der Waals surface area (Å²) in [6.45, 7) is 2.20. The van der Waals surface area contributed by atoms with Crippen LogP contribution in [0.4, 0.5) is 0 Å². The second-order valence-electron chi connectivity index (χ2n) is 5.05. The third-order valence-corrected chi connectivity index (χ3v) is 3.59. The van der Waals surface area contributed by atoms with Gasteiger partial charge in [0, 0.05) is 12.3 Å². The molecule has 1 aromatic carbocycles. The maximum absolute atomic E-state index is 4.76. The first kappa shape index (κ1) is 13.1. The van der Waals surface area contributed by atoms with E-state index < -0.39 is 0 Å². The van der Waals surface area contributed by atoms with Gasteiger partial charge in [-0.1, -0.05) is 62.6 Å². The summed E-state index contributed by atoms with van der Waals surface area (Å²) in [4.78, 5) is 4.76. The van der Waals surface area contributed by atoms with Crippen LogP contribution in [0.1, 0.15) is 51.0 Å². The van der Waals surface area contributed by atoms with Crippen molar-refractivity contribution in [1.82, 2.24) is 0 Å². The largest absolute Gasteiger partial charge is 0.290 e. The third kappa shape index (κ3) is 4.14. The van der Waals surface area contributed by atoms with Crippen LogP contribution in [0, 0.1) is 0 Å². The zero-order valence-electron chi connectivity index (χ0n) is 11.3. The second-order valence-corrected chi connectivity index (χ2v) is 5.05. The Bertz CT molecular complexity index is 397. The summed E-state index contributed by atoms with van der Waals surface area (Å²) in [5.41, 5.74) is 2.59. The molecule has 1 aliphatic rings. The molecule has 0 aliphatic heterocycles. The van der Waals surface area contributed by atoms with Gasteiger partial charge in [-0.15, -0.1) is 0 Å². The van der Waals surface area contributed by atoms with E-state index in [1.54, 1.807) is 0 Å². The van der Waals surface area contributed by atoms with Crippen molar-refractivity contribution in [3.05, 3.63) is 41.5 Å². The highest BCUT2D eigenvalue weighted by atomic mass is 14.8. The fraction of sp³-hybridized carbons (Fsp3) is 0.471. The topological polar surface area (TPSA) is 12.4 Å². The number of nitrogens with zero attached hydrogens (tertiary/aromatic N) is 1. The highest BCUT2D eigenvalue weighted by Crippen LogP contribution is 2.20. The molecule has 0 bridgehead atoms. The van der Waals surface area contributed by atoms with E-state index in [4.69, 9.17) is 4.99 Å². The van der Waals surface area contributed by atoms with Crippen LogP contribution >= 0.6 is 0 Å². The van der Waals surface area contributed by atoms with E-state index in [1.807, 2.05) is 0 Å². The molecule has 96 valence electrons. The van der Waals surface area contributed by atoms with Gasteiger partial charge in [0.25, 0.3) is 0 Å². The predicted molar refractivity (Wildman–Crippen MR) is 80.1 cm³/mol. The van der Waals surface area contributed by atoms with E-state index in [0.29, 0.717) is 6.04 Å².